The standard InChI is InChI=1S/C7HCl2F5/c8-3-1-2(7(12,13)14)5(10)4(9)6(3)11/h1H. The first-order valence-electron chi connectivity index (χ1n) is 3.15. The molecule has 0 N–H and O–H groups in total. The second kappa shape index (κ2) is 3.55. The van der Waals surface area contributed by atoms with Crippen LogP contribution in [0.2, 0.25) is 10.0 Å². The van der Waals surface area contributed by atoms with E-state index in [0.717, 1.165) is 0 Å². The molecule has 78 valence electrons. The number of halogens is 7. The summed E-state index contributed by atoms with van der Waals surface area (Å²) in [5.41, 5.74) is -1.69. The molecule has 0 bridgehead atoms. The van der Waals surface area contributed by atoms with E-state index in [2.05, 4.69) is 0 Å². The van der Waals surface area contributed by atoms with Gasteiger partial charge in [-0.1, -0.05) is 23.2 Å². The molecule has 0 amide bonds. The van der Waals surface area contributed by atoms with Gasteiger partial charge in [0.05, 0.1) is 10.6 Å². The second-order valence-electron chi connectivity index (χ2n) is 2.35. The van der Waals surface area contributed by atoms with Gasteiger partial charge in [-0.05, 0) is 6.07 Å². The fraction of sp³-hybridized carbons (Fsp3) is 0.143. The normalized spacial score (nSPS) is 11.9. The number of benzene rings is 1. The Labute approximate surface area is 85.2 Å². The summed E-state index contributed by atoms with van der Waals surface area (Å²) in [5, 5.41) is -2.13. The molecule has 7 heteroatoms. The predicted octanol–water partition coefficient (Wildman–Crippen LogP) is 4.29. The van der Waals surface area contributed by atoms with E-state index in [1.807, 2.05) is 0 Å². The first-order chi connectivity index (χ1) is 6.25. The molecule has 0 unspecified atom stereocenters. The van der Waals surface area contributed by atoms with Gasteiger partial charge < -0.3 is 0 Å². The van der Waals surface area contributed by atoms with Crippen molar-refractivity contribution < 1.29 is 22.0 Å². The minimum atomic E-state index is -4.95. The predicted molar refractivity (Wildman–Crippen MR) is 41.4 cm³/mol. The zero-order valence-corrected chi connectivity index (χ0v) is 7.73. The lowest BCUT2D eigenvalue weighted by Crippen LogP contribution is -2.09. The molecule has 14 heavy (non-hydrogen) atoms. The summed E-state index contributed by atoms with van der Waals surface area (Å²) in [7, 11) is 0. The highest BCUT2D eigenvalue weighted by Gasteiger charge is 2.36. The van der Waals surface area contributed by atoms with E-state index in [0.29, 0.717) is 0 Å². The second-order valence-corrected chi connectivity index (χ2v) is 3.13. The van der Waals surface area contributed by atoms with Crippen LogP contribution in [0, 0.1) is 11.6 Å². The zero-order valence-electron chi connectivity index (χ0n) is 6.22. The zero-order chi connectivity index (χ0) is 11.1. The highest BCUT2D eigenvalue weighted by atomic mass is 35.5. The minimum absolute atomic E-state index is 0.151. The van der Waals surface area contributed by atoms with Gasteiger partial charge >= 0.3 is 6.18 Å². The fourth-order valence-corrected chi connectivity index (χ4v) is 1.23. The van der Waals surface area contributed by atoms with E-state index in [1.165, 1.54) is 0 Å². The monoisotopic (exact) mass is 250 g/mol. The number of hydrogen-bond acceptors (Lipinski definition) is 0. The smallest absolute Gasteiger partial charge is 0.205 e. The van der Waals surface area contributed by atoms with Crippen LogP contribution in [0.3, 0.4) is 0 Å². The molecular weight excluding hydrogens is 250 g/mol. The molecule has 0 atom stereocenters. The van der Waals surface area contributed by atoms with Crippen molar-refractivity contribution in [2.45, 2.75) is 6.18 Å². The van der Waals surface area contributed by atoms with Gasteiger partial charge in [0.15, 0.2) is 11.6 Å². The molecule has 0 saturated carbocycles. The molecule has 0 aliphatic rings. The van der Waals surface area contributed by atoms with Crippen LogP contribution < -0.4 is 0 Å². The maximum Gasteiger partial charge on any atom is 0.419 e. The van der Waals surface area contributed by atoms with Crippen LogP contribution in [0.25, 0.3) is 0 Å². The molecule has 0 fully saturated rings. The van der Waals surface area contributed by atoms with Gasteiger partial charge in [0.1, 0.15) is 5.02 Å². The molecule has 0 aliphatic heterocycles. The van der Waals surface area contributed by atoms with Crippen LogP contribution in [0.1, 0.15) is 5.56 Å². The topological polar surface area (TPSA) is 0 Å². The van der Waals surface area contributed by atoms with Crippen molar-refractivity contribution in [1.29, 1.82) is 0 Å². The first kappa shape index (κ1) is 11.5. The van der Waals surface area contributed by atoms with E-state index in [9.17, 15) is 22.0 Å². The Hall–Kier alpha value is -0.550. The Kier molecular flexibility index (Phi) is 2.92. The van der Waals surface area contributed by atoms with Crippen molar-refractivity contribution in [3.8, 4) is 0 Å². The van der Waals surface area contributed by atoms with Gasteiger partial charge in [-0.25, -0.2) is 8.78 Å². The van der Waals surface area contributed by atoms with Crippen molar-refractivity contribution in [3.05, 3.63) is 33.3 Å². The summed E-state index contributed by atoms with van der Waals surface area (Å²) in [6, 6.07) is 0.151. The summed E-state index contributed by atoms with van der Waals surface area (Å²) in [5.74, 6) is -3.26. The third kappa shape index (κ3) is 1.93. The number of hydrogen-bond donors (Lipinski definition) is 0. The molecule has 0 heterocycles. The van der Waals surface area contributed by atoms with E-state index in [4.69, 9.17) is 23.2 Å². The lowest BCUT2D eigenvalue weighted by atomic mass is 10.2. The largest absolute Gasteiger partial charge is 0.419 e. The van der Waals surface area contributed by atoms with Crippen LogP contribution in [-0.2, 0) is 6.18 Å². The van der Waals surface area contributed by atoms with Crippen molar-refractivity contribution in [2.75, 3.05) is 0 Å². The molecule has 0 spiro atoms. The molecule has 1 aromatic rings. The van der Waals surface area contributed by atoms with Gasteiger partial charge in [-0.2, -0.15) is 13.2 Å². The Balaban J connectivity index is 3.49. The summed E-state index contributed by atoms with van der Waals surface area (Å²) < 4.78 is 61.7. The number of rotatable bonds is 0. The lowest BCUT2D eigenvalue weighted by molar-refractivity contribution is -0.140. The Bertz CT molecular complexity index is 371. The SMILES string of the molecule is Fc1c(Cl)cc(C(F)(F)F)c(F)c1Cl. The van der Waals surface area contributed by atoms with Gasteiger partial charge in [0.2, 0.25) is 0 Å². The van der Waals surface area contributed by atoms with Crippen LogP contribution in [0.5, 0.6) is 0 Å². The van der Waals surface area contributed by atoms with Crippen LogP contribution in [0.15, 0.2) is 6.07 Å². The van der Waals surface area contributed by atoms with E-state index in [-0.39, 0.29) is 6.07 Å². The van der Waals surface area contributed by atoms with Crippen LogP contribution in [-0.4, -0.2) is 0 Å². The number of alkyl halides is 3. The maximum atomic E-state index is 12.8. The quantitative estimate of drug-likeness (QED) is 0.366. The average molecular weight is 251 g/mol. The molecule has 1 rings (SSSR count). The highest BCUT2D eigenvalue weighted by Crippen LogP contribution is 2.37. The first-order valence-corrected chi connectivity index (χ1v) is 3.91. The van der Waals surface area contributed by atoms with Gasteiger partial charge in [0.25, 0.3) is 0 Å². The fourth-order valence-electron chi connectivity index (χ4n) is 0.779. The third-order valence-electron chi connectivity index (χ3n) is 1.41. The lowest BCUT2D eigenvalue weighted by Gasteiger charge is -2.09. The van der Waals surface area contributed by atoms with E-state index >= 15 is 0 Å². The van der Waals surface area contributed by atoms with Gasteiger partial charge in [-0.3, -0.25) is 0 Å². The molecule has 0 nitrogen and oxygen atoms in total. The molecule has 0 aliphatic carbocycles. The summed E-state index contributed by atoms with van der Waals surface area (Å²) in [4.78, 5) is 0. The Morgan fingerprint density at radius 2 is 1.50 bits per heavy atom. The molecular formula is C7HCl2F5. The third-order valence-corrected chi connectivity index (χ3v) is 2.01. The van der Waals surface area contributed by atoms with Crippen molar-refractivity contribution in [3.63, 3.8) is 0 Å². The Morgan fingerprint density at radius 1 is 1.00 bits per heavy atom. The molecule has 0 saturated heterocycles. The average Bonchev–Trinajstić information content (AvgIpc) is 2.06. The van der Waals surface area contributed by atoms with Crippen LogP contribution >= 0.6 is 23.2 Å². The molecule has 1 aromatic carbocycles. The summed E-state index contributed by atoms with van der Waals surface area (Å²) >= 11 is 10.0. The van der Waals surface area contributed by atoms with Gasteiger partial charge in [0, 0.05) is 0 Å². The van der Waals surface area contributed by atoms with Crippen molar-refractivity contribution in [2.24, 2.45) is 0 Å². The maximum absolute atomic E-state index is 12.8. The van der Waals surface area contributed by atoms with Crippen molar-refractivity contribution >= 4 is 23.2 Å². The highest BCUT2D eigenvalue weighted by molar-refractivity contribution is 6.35. The summed E-state index contributed by atoms with van der Waals surface area (Å²) in [6.07, 6.45) is -4.95. The molecule has 0 aromatic heterocycles. The van der Waals surface area contributed by atoms with E-state index in [1.54, 1.807) is 0 Å². The minimum Gasteiger partial charge on any atom is -0.205 e. The molecule has 0 radical (unpaired) electrons. The van der Waals surface area contributed by atoms with Crippen LogP contribution in [0.4, 0.5) is 22.0 Å². The van der Waals surface area contributed by atoms with E-state index < -0.39 is 33.4 Å². The summed E-state index contributed by atoms with van der Waals surface area (Å²) in [6.45, 7) is 0. The van der Waals surface area contributed by atoms with Gasteiger partial charge in [-0.15, -0.1) is 0 Å². The Morgan fingerprint density at radius 3 is 1.93 bits per heavy atom. The van der Waals surface area contributed by atoms with Crippen molar-refractivity contribution in [1.82, 2.24) is 0 Å².